The molecule has 0 aliphatic carbocycles. The van der Waals surface area contributed by atoms with Gasteiger partial charge < -0.3 is 28.9 Å². The monoisotopic (exact) mass is 847 g/mol. The van der Waals surface area contributed by atoms with Crippen LogP contribution in [0, 0.1) is 31.4 Å². The molecule has 0 saturated carbocycles. The van der Waals surface area contributed by atoms with E-state index in [1.165, 1.54) is 35.3 Å². The molecule has 0 saturated heterocycles. The largest absolute Gasteiger partial charge is 0.394 e. The standard InChI is InChI=1S/C10H9ClN4O.C5H5BrN2.C5H3ClN2O3.C5H5ClN2O.CH3.Pd/c1-6-2-3-9(14-13-6)15-5-7(11)4-8(12)10(15)16;1-4-2-3-5(6)8-7-4;6-3-1-4(8(10)11)5(9)7-2-3;6-3-1-4(7)5(9)8-2-3;;/h2-5H,12H2,1H3;2-3H,1H3;1-2H,(H,7,9);1-2H,7H2,(H,8,9);1H3;/q;;;;-1;. The number of aryl methyl sites for hydroxylation is 2. The van der Waals surface area contributed by atoms with Crippen molar-refractivity contribution in [3.63, 3.8) is 0 Å². The third kappa shape index (κ3) is 14.0. The molecule has 0 atom stereocenters. The summed E-state index contributed by atoms with van der Waals surface area (Å²) in [5, 5.41) is 26.3. The number of aromatic nitrogens is 7. The van der Waals surface area contributed by atoms with Crippen LogP contribution in [-0.2, 0) is 20.4 Å². The molecule has 0 aliphatic rings. The Morgan fingerprint density at radius 1 is 0.804 bits per heavy atom. The van der Waals surface area contributed by atoms with Crippen LogP contribution < -0.4 is 28.1 Å². The number of anilines is 2. The Morgan fingerprint density at radius 2 is 1.33 bits per heavy atom. The summed E-state index contributed by atoms with van der Waals surface area (Å²) in [6.45, 7) is 3.71. The van der Waals surface area contributed by atoms with Crippen LogP contribution >= 0.6 is 50.7 Å². The molecule has 248 valence electrons. The number of halogens is 4. The van der Waals surface area contributed by atoms with E-state index in [4.69, 9.17) is 46.3 Å². The van der Waals surface area contributed by atoms with Crippen molar-refractivity contribution in [2.24, 2.45) is 0 Å². The topological polar surface area (TPSA) is 234 Å². The van der Waals surface area contributed by atoms with Gasteiger partial charge in [0.05, 0.1) is 42.8 Å². The molecule has 0 bridgehead atoms. The molecule has 0 amide bonds. The van der Waals surface area contributed by atoms with Crippen LogP contribution in [0.4, 0.5) is 17.1 Å². The van der Waals surface area contributed by atoms with E-state index in [1.54, 1.807) is 12.1 Å². The molecule has 0 spiro atoms. The molecular weight excluding hydrogens is 825 g/mol. The van der Waals surface area contributed by atoms with E-state index in [-0.39, 0.29) is 55.4 Å². The smallest absolute Gasteiger partial charge is 0.335 e. The molecule has 6 N–H and O–H groups in total. The number of H-pyrrole nitrogens is 2. The van der Waals surface area contributed by atoms with E-state index in [9.17, 15) is 24.5 Å². The molecule has 0 aromatic carbocycles. The first kappa shape index (κ1) is 42.0. The van der Waals surface area contributed by atoms with Crippen molar-refractivity contribution in [3.8, 4) is 5.82 Å². The fraction of sp³-hybridized carbons (Fsp3) is 0.0769. The van der Waals surface area contributed by atoms with Crippen molar-refractivity contribution in [1.82, 2.24) is 34.9 Å². The van der Waals surface area contributed by atoms with Crippen LogP contribution in [0.1, 0.15) is 11.4 Å². The first-order valence-corrected chi connectivity index (χ1v) is 13.7. The minimum atomic E-state index is -0.787. The molecule has 20 heteroatoms. The number of nitrogens with two attached hydrogens (primary N) is 2. The van der Waals surface area contributed by atoms with Gasteiger partial charge in [-0.1, -0.05) is 34.8 Å². The molecule has 5 aromatic rings. The first-order valence-electron chi connectivity index (χ1n) is 11.8. The Kier molecular flexibility index (Phi) is 18.5. The van der Waals surface area contributed by atoms with Crippen LogP contribution in [0.15, 0.2) is 80.0 Å². The van der Waals surface area contributed by atoms with E-state index < -0.39 is 16.2 Å². The summed E-state index contributed by atoms with van der Waals surface area (Å²) in [6.07, 6.45) is 4.04. The van der Waals surface area contributed by atoms with Gasteiger partial charge in [-0.15, -0.1) is 10.2 Å². The zero-order valence-corrected chi connectivity index (χ0v) is 29.4. The average molecular weight is 850 g/mol. The zero-order valence-electron chi connectivity index (χ0n) is 24.0. The van der Waals surface area contributed by atoms with Crippen molar-refractivity contribution in [3.05, 3.63) is 141 Å². The summed E-state index contributed by atoms with van der Waals surface area (Å²) in [6, 6.07) is 11.0. The second-order valence-corrected chi connectivity index (χ2v) is 10.3. The fourth-order valence-corrected chi connectivity index (χ4v) is 3.45. The van der Waals surface area contributed by atoms with Crippen molar-refractivity contribution >= 4 is 67.8 Å². The van der Waals surface area contributed by atoms with Crippen LogP contribution in [0.25, 0.3) is 5.82 Å². The van der Waals surface area contributed by atoms with Gasteiger partial charge in [0.2, 0.25) is 0 Å². The van der Waals surface area contributed by atoms with Crippen LogP contribution in [0.2, 0.25) is 15.1 Å². The van der Waals surface area contributed by atoms with Crippen LogP contribution in [0.5, 0.6) is 0 Å². The quantitative estimate of drug-likeness (QED) is 0.0822. The number of pyridine rings is 3. The fourth-order valence-electron chi connectivity index (χ4n) is 2.70. The van der Waals surface area contributed by atoms with Gasteiger partial charge in [0.1, 0.15) is 4.60 Å². The van der Waals surface area contributed by atoms with Crippen molar-refractivity contribution in [1.29, 1.82) is 0 Å². The Balaban J connectivity index is 0.000000601. The normalized spacial score (nSPS) is 9.35. The predicted molar refractivity (Wildman–Crippen MR) is 178 cm³/mol. The number of nitrogen functional groups attached to an aromatic ring is 2. The number of rotatable bonds is 2. The van der Waals surface area contributed by atoms with Gasteiger partial charge in [0.15, 0.2) is 5.82 Å². The Bertz CT molecular complexity index is 1890. The number of nitro groups is 1. The van der Waals surface area contributed by atoms with E-state index in [2.05, 4.69) is 46.3 Å². The summed E-state index contributed by atoms with van der Waals surface area (Å²) >= 11 is 19.8. The molecule has 0 fully saturated rings. The molecule has 0 unspecified atom stereocenters. The number of hydrogen-bond donors (Lipinski definition) is 4. The SMILES string of the molecule is Cc1ccc(-n2cc(Cl)cc(N)c2=O)nn1.Cc1ccc(Br)nn1.Nc1cc(Cl)c[nH]c1=O.O=c1[nH]cc(Cl)cc1[N+](=O)[O-].[CH3-].[Pd]. The number of hydrogen-bond acceptors (Lipinski definition) is 11. The Labute approximate surface area is 298 Å². The van der Waals surface area contributed by atoms with Crippen LogP contribution in [0.3, 0.4) is 0 Å². The van der Waals surface area contributed by atoms with Gasteiger partial charge in [-0.2, -0.15) is 10.2 Å². The molecular formula is C26H25BrCl3N10O5Pd-. The number of nitrogens with one attached hydrogen (secondary N) is 2. The van der Waals surface area contributed by atoms with E-state index >= 15 is 0 Å². The number of nitrogens with zero attached hydrogens (tertiary/aromatic N) is 6. The molecule has 46 heavy (non-hydrogen) atoms. The van der Waals surface area contributed by atoms with E-state index in [0.29, 0.717) is 15.9 Å². The molecule has 5 heterocycles. The third-order valence-electron chi connectivity index (χ3n) is 4.75. The maximum absolute atomic E-state index is 11.7. The maximum atomic E-state index is 11.7. The van der Waals surface area contributed by atoms with E-state index in [0.717, 1.165) is 22.1 Å². The summed E-state index contributed by atoms with van der Waals surface area (Å²) in [7, 11) is 0. The molecule has 5 aromatic heterocycles. The summed E-state index contributed by atoms with van der Waals surface area (Å²) in [5.74, 6) is 0.393. The zero-order chi connectivity index (χ0) is 33.0. The Hall–Kier alpha value is -3.98. The van der Waals surface area contributed by atoms with Gasteiger partial charge in [-0.05, 0) is 66.2 Å². The van der Waals surface area contributed by atoms with Crippen LogP contribution in [-0.4, -0.2) is 39.9 Å². The van der Waals surface area contributed by atoms with Gasteiger partial charge >= 0.3 is 11.2 Å². The average Bonchev–Trinajstić information content (AvgIpc) is 2.97. The van der Waals surface area contributed by atoms with Crippen molar-refractivity contribution in [2.45, 2.75) is 13.8 Å². The molecule has 0 radical (unpaired) electrons. The van der Waals surface area contributed by atoms with Gasteiger partial charge in [-0.25, -0.2) is 0 Å². The van der Waals surface area contributed by atoms with Crippen molar-refractivity contribution < 1.29 is 25.3 Å². The summed E-state index contributed by atoms with van der Waals surface area (Å²) < 4.78 is 2.05. The maximum Gasteiger partial charge on any atom is 0.335 e. The molecule has 5 rings (SSSR count). The predicted octanol–water partition coefficient (Wildman–Crippen LogP) is 4.71. The number of aromatic amines is 2. The second kappa shape index (κ2) is 20.2. The minimum absolute atomic E-state index is 0. The van der Waals surface area contributed by atoms with Crippen molar-refractivity contribution in [2.75, 3.05) is 11.5 Å². The Morgan fingerprint density at radius 3 is 1.76 bits per heavy atom. The first-order chi connectivity index (χ1) is 20.7. The van der Waals surface area contributed by atoms with Gasteiger partial charge in [0, 0.05) is 45.1 Å². The molecule has 0 aliphatic heterocycles. The van der Waals surface area contributed by atoms with E-state index in [1.807, 2.05) is 26.0 Å². The second-order valence-electron chi connectivity index (χ2n) is 8.21. The van der Waals surface area contributed by atoms with Gasteiger partial charge in [0.25, 0.3) is 11.1 Å². The third-order valence-corrected chi connectivity index (χ3v) is 5.82. The van der Waals surface area contributed by atoms with Gasteiger partial charge in [-0.3, -0.25) is 29.1 Å². The molecule has 15 nitrogen and oxygen atoms in total. The minimum Gasteiger partial charge on any atom is -0.394 e. The summed E-state index contributed by atoms with van der Waals surface area (Å²) in [4.78, 5) is 46.7. The summed E-state index contributed by atoms with van der Waals surface area (Å²) in [5.41, 5.74) is 10.7.